The van der Waals surface area contributed by atoms with Crippen LogP contribution in [0.15, 0.2) is 24.3 Å². The standard InChI is InChI=1S/C8H5NOS3/c9-5-6-1-3-7(4-2-6)8(10)12-13-11/h1-4,11H. The minimum absolute atomic E-state index is 0.0514. The first kappa shape index (κ1) is 10.5. The first-order valence-electron chi connectivity index (χ1n) is 3.30. The Morgan fingerprint density at radius 2 is 2.00 bits per heavy atom. The van der Waals surface area contributed by atoms with Gasteiger partial charge in [0.05, 0.1) is 11.6 Å². The molecule has 0 saturated heterocycles. The van der Waals surface area contributed by atoms with Crippen LogP contribution in [0.3, 0.4) is 0 Å². The van der Waals surface area contributed by atoms with E-state index in [2.05, 4.69) is 11.7 Å². The van der Waals surface area contributed by atoms with Crippen LogP contribution >= 0.6 is 32.3 Å². The van der Waals surface area contributed by atoms with Gasteiger partial charge in [0.15, 0.2) is 0 Å². The van der Waals surface area contributed by atoms with Crippen molar-refractivity contribution in [3.63, 3.8) is 0 Å². The minimum atomic E-state index is -0.0514. The monoisotopic (exact) mass is 227 g/mol. The molecule has 0 unspecified atom stereocenters. The molecule has 1 aromatic carbocycles. The quantitative estimate of drug-likeness (QED) is 0.623. The highest BCUT2D eigenvalue weighted by molar-refractivity contribution is 9.08. The van der Waals surface area contributed by atoms with Gasteiger partial charge < -0.3 is 0 Å². The van der Waals surface area contributed by atoms with Crippen molar-refractivity contribution in [3.05, 3.63) is 35.4 Å². The van der Waals surface area contributed by atoms with E-state index in [4.69, 9.17) is 5.26 Å². The van der Waals surface area contributed by atoms with Crippen molar-refractivity contribution < 1.29 is 4.79 Å². The fraction of sp³-hybridized carbons (Fsp3) is 0. The lowest BCUT2D eigenvalue weighted by molar-refractivity contribution is 0.109. The molecular formula is C8H5NOS3. The summed E-state index contributed by atoms with van der Waals surface area (Å²) in [6.07, 6.45) is 0. The SMILES string of the molecule is N#Cc1ccc(C(=O)SSS)cc1. The molecule has 0 heterocycles. The Bertz CT molecular complexity index is 341. The zero-order chi connectivity index (χ0) is 9.68. The number of benzene rings is 1. The number of hydrogen-bond donors (Lipinski definition) is 1. The Morgan fingerprint density at radius 1 is 1.38 bits per heavy atom. The predicted molar refractivity (Wildman–Crippen MR) is 59.7 cm³/mol. The van der Waals surface area contributed by atoms with E-state index >= 15 is 0 Å². The van der Waals surface area contributed by atoms with E-state index in [0.717, 1.165) is 20.6 Å². The lowest BCUT2D eigenvalue weighted by atomic mass is 10.2. The van der Waals surface area contributed by atoms with Crippen molar-refractivity contribution in [3.8, 4) is 6.07 Å². The van der Waals surface area contributed by atoms with Gasteiger partial charge in [-0.2, -0.15) is 5.26 Å². The van der Waals surface area contributed by atoms with Crippen LogP contribution in [0.25, 0.3) is 0 Å². The largest absolute Gasteiger partial charge is 0.281 e. The smallest absolute Gasteiger partial charge is 0.230 e. The van der Waals surface area contributed by atoms with Gasteiger partial charge in [-0.05, 0) is 44.9 Å². The molecule has 0 aromatic heterocycles. The van der Waals surface area contributed by atoms with Crippen LogP contribution in [-0.2, 0) is 0 Å². The molecule has 0 spiro atoms. The third-order valence-electron chi connectivity index (χ3n) is 1.36. The molecule has 0 aliphatic carbocycles. The highest BCUT2D eigenvalue weighted by Crippen LogP contribution is 2.28. The van der Waals surface area contributed by atoms with Crippen molar-refractivity contribution in [1.29, 1.82) is 5.26 Å². The molecule has 0 bridgehead atoms. The molecule has 1 rings (SSSR count). The molecule has 0 amide bonds. The average molecular weight is 227 g/mol. The summed E-state index contributed by atoms with van der Waals surface area (Å²) >= 11 is 3.86. The number of carbonyl (C=O) groups is 1. The van der Waals surface area contributed by atoms with E-state index in [1.165, 1.54) is 0 Å². The fourth-order valence-corrected chi connectivity index (χ4v) is 2.16. The zero-order valence-electron chi connectivity index (χ0n) is 6.43. The van der Waals surface area contributed by atoms with Crippen LogP contribution in [0.2, 0.25) is 0 Å². The number of nitriles is 1. The summed E-state index contributed by atoms with van der Waals surface area (Å²) < 4.78 is 0. The van der Waals surface area contributed by atoms with E-state index in [-0.39, 0.29) is 5.12 Å². The Kier molecular flexibility index (Phi) is 4.22. The van der Waals surface area contributed by atoms with Crippen LogP contribution in [0, 0.1) is 11.3 Å². The van der Waals surface area contributed by atoms with Crippen LogP contribution in [0.1, 0.15) is 15.9 Å². The number of nitrogens with zero attached hydrogens (tertiary/aromatic N) is 1. The molecule has 0 atom stereocenters. The molecule has 0 saturated carbocycles. The summed E-state index contributed by atoms with van der Waals surface area (Å²) in [6.45, 7) is 0. The molecule has 1 aromatic rings. The second kappa shape index (κ2) is 5.22. The molecule has 0 aliphatic rings. The molecule has 0 N–H and O–H groups in total. The first-order chi connectivity index (χ1) is 6.27. The van der Waals surface area contributed by atoms with Crippen molar-refractivity contribution in [2.45, 2.75) is 0 Å². The van der Waals surface area contributed by atoms with Gasteiger partial charge in [-0.1, -0.05) is 11.7 Å². The van der Waals surface area contributed by atoms with Crippen LogP contribution in [-0.4, -0.2) is 5.12 Å². The van der Waals surface area contributed by atoms with E-state index in [1.54, 1.807) is 24.3 Å². The lowest BCUT2D eigenvalue weighted by Crippen LogP contribution is -1.90. The molecule has 13 heavy (non-hydrogen) atoms. The topological polar surface area (TPSA) is 40.9 Å². The Morgan fingerprint density at radius 3 is 2.46 bits per heavy atom. The van der Waals surface area contributed by atoms with Gasteiger partial charge in [0.25, 0.3) is 0 Å². The third kappa shape index (κ3) is 2.99. The Labute approximate surface area is 88.9 Å². The van der Waals surface area contributed by atoms with Crippen molar-refractivity contribution >= 4 is 37.4 Å². The third-order valence-corrected chi connectivity index (χ3v) is 3.17. The maximum Gasteiger partial charge on any atom is 0.230 e. The van der Waals surface area contributed by atoms with Gasteiger partial charge in [-0.3, -0.25) is 4.79 Å². The van der Waals surface area contributed by atoms with Gasteiger partial charge in [-0.15, -0.1) is 0 Å². The summed E-state index contributed by atoms with van der Waals surface area (Å²) in [5.41, 5.74) is 1.14. The normalized spacial score (nSPS) is 9.23. The number of rotatable bonds is 2. The summed E-state index contributed by atoms with van der Waals surface area (Å²) in [5, 5.41) is 8.46. The Hall–Kier alpha value is -0.570. The van der Waals surface area contributed by atoms with Gasteiger partial charge >= 0.3 is 0 Å². The lowest BCUT2D eigenvalue weighted by Gasteiger charge is -1.96. The molecule has 66 valence electrons. The van der Waals surface area contributed by atoms with E-state index in [0.29, 0.717) is 11.1 Å². The van der Waals surface area contributed by atoms with E-state index in [1.807, 2.05) is 6.07 Å². The number of hydrogen-bond acceptors (Lipinski definition) is 5. The predicted octanol–water partition coefficient (Wildman–Crippen LogP) is 2.92. The maximum atomic E-state index is 11.3. The zero-order valence-corrected chi connectivity index (χ0v) is 8.96. The first-order valence-corrected chi connectivity index (χ1v) is 6.50. The van der Waals surface area contributed by atoms with Crippen LogP contribution in [0.4, 0.5) is 0 Å². The highest BCUT2D eigenvalue weighted by atomic mass is 33.5. The Balaban J connectivity index is 2.81. The van der Waals surface area contributed by atoms with Crippen molar-refractivity contribution in [1.82, 2.24) is 0 Å². The minimum Gasteiger partial charge on any atom is -0.281 e. The van der Waals surface area contributed by atoms with Crippen molar-refractivity contribution in [2.75, 3.05) is 0 Å². The molecule has 0 fully saturated rings. The second-order valence-electron chi connectivity index (χ2n) is 2.13. The fourth-order valence-electron chi connectivity index (χ4n) is 0.763. The number of thiol groups is 1. The van der Waals surface area contributed by atoms with Gasteiger partial charge in [-0.25, -0.2) is 0 Å². The van der Waals surface area contributed by atoms with Gasteiger partial charge in [0.1, 0.15) is 0 Å². The van der Waals surface area contributed by atoms with Crippen molar-refractivity contribution in [2.24, 2.45) is 0 Å². The molecular weight excluding hydrogens is 222 g/mol. The molecule has 2 nitrogen and oxygen atoms in total. The van der Waals surface area contributed by atoms with E-state index < -0.39 is 0 Å². The maximum absolute atomic E-state index is 11.3. The summed E-state index contributed by atoms with van der Waals surface area (Å²) in [6, 6.07) is 8.50. The highest BCUT2D eigenvalue weighted by Gasteiger charge is 2.05. The molecule has 0 radical (unpaired) electrons. The summed E-state index contributed by atoms with van der Waals surface area (Å²) in [5.74, 6) is 0. The van der Waals surface area contributed by atoms with Crippen LogP contribution < -0.4 is 0 Å². The van der Waals surface area contributed by atoms with Crippen LogP contribution in [0.5, 0.6) is 0 Å². The van der Waals surface area contributed by atoms with Gasteiger partial charge in [0, 0.05) is 5.56 Å². The second-order valence-corrected chi connectivity index (χ2v) is 5.11. The summed E-state index contributed by atoms with van der Waals surface area (Å²) in [4.78, 5) is 11.3. The molecule has 5 heteroatoms. The van der Waals surface area contributed by atoms with Gasteiger partial charge in [0.2, 0.25) is 5.12 Å². The summed E-state index contributed by atoms with van der Waals surface area (Å²) in [7, 11) is 2.17. The molecule has 0 aliphatic heterocycles. The average Bonchev–Trinajstić information content (AvgIpc) is 2.18. The number of carbonyl (C=O) groups excluding carboxylic acids is 1. The van der Waals surface area contributed by atoms with E-state index in [9.17, 15) is 4.79 Å².